The van der Waals surface area contributed by atoms with Crippen LogP contribution in [0.25, 0.3) is 0 Å². The van der Waals surface area contributed by atoms with E-state index in [-0.39, 0.29) is 12.6 Å². The van der Waals surface area contributed by atoms with Crippen LogP contribution in [0, 0.1) is 12.8 Å². The Labute approximate surface area is 124 Å². The molecule has 1 aromatic carbocycles. The molecule has 19 heavy (non-hydrogen) atoms. The van der Waals surface area contributed by atoms with Crippen LogP contribution in [-0.2, 0) is 0 Å². The fourth-order valence-corrected chi connectivity index (χ4v) is 3.02. The topological polar surface area (TPSA) is 26.7 Å². The Hall–Kier alpha value is -0.580. The molecule has 1 aliphatic rings. The monoisotopic (exact) mass is 326 g/mol. The second kappa shape index (κ2) is 6.25. The summed E-state index contributed by atoms with van der Waals surface area (Å²) in [5.41, 5.74) is 2.50. The Morgan fingerprint density at radius 2 is 2.05 bits per heavy atom. The number of halogens is 1. The standard InChI is InChI=1S/C15H23BrN2O/c1-11-7-17(3)14(10-19)9-18(8-11)13-4-5-15(16)12(2)6-13/h4-6,11,14,19H,7-10H2,1-3H3. The molecule has 2 atom stereocenters. The van der Waals surface area contributed by atoms with E-state index in [0.29, 0.717) is 5.92 Å². The van der Waals surface area contributed by atoms with Crippen LogP contribution in [0.1, 0.15) is 12.5 Å². The summed E-state index contributed by atoms with van der Waals surface area (Å²) in [4.78, 5) is 4.67. The van der Waals surface area contributed by atoms with E-state index in [1.807, 2.05) is 0 Å². The number of hydrogen-bond donors (Lipinski definition) is 1. The Morgan fingerprint density at radius 3 is 2.68 bits per heavy atom. The van der Waals surface area contributed by atoms with Gasteiger partial charge in [-0.3, -0.25) is 4.90 Å². The lowest BCUT2D eigenvalue weighted by atomic mass is 10.1. The number of benzene rings is 1. The molecular formula is C15H23BrN2O. The molecule has 1 fully saturated rings. The average molecular weight is 327 g/mol. The van der Waals surface area contributed by atoms with Crippen molar-refractivity contribution in [3.8, 4) is 0 Å². The zero-order valence-electron chi connectivity index (χ0n) is 11.9. The maximum atomic E-state index is 9.56. The maximum absolute atomic E-state index is 9.56. The summed E-state index contributed by atoms with van der Waals surface area (Å²) in [6.07, 6.45) is 0. The van der Waals surface area contributed by atoms with Crippen LogP contribution >= 0.6 is 15.9 Å². The van der Waals surface area contributed by atoms with Crippen LogP contribution in [0.15, 0.2) is 22.7 Å². The third kappa shape index (κ3) is 3.50. The Kier molecular flexibility index (Phi) is 4.87. The Morgan fingerprint density at radius 1 is 1.32 bits per heavy atom. The number of aliphatic hydroxyl groups is 1. The normalized spacial score (nSPS) is 25.4. The van der Waals surface area contributed by atoms with Crippen molar-refractivity contribution >= 4 is 21.6 Å². The molecule has 106 valence electrons. The van der Waals surface area contributed by atoms with Gasteiger partial charge in [0.2, 0.25) is 0 Å². The molecule has 0 amide bonds. The second-order valence-electron chi connectivity index (χ2n) is 5.72. The summed E-state index contributed by atoms with van der Waals surface area (Å²) in [5, 5.41) is 9.56. The summed E-state index contributed by atoms with van der Waals surface area (Å²) in [6, 6.07) is 6.70. The maximum Gasteiger partial charge on any atom is 0.0604 e. The van der Waals surface area contributed by atoms with Crippen LogP contribution in [0.3, 0.4) is 0 Å². The van der Waals surface area contributed by atoms with Crippen LogP contribution in [0.2, 0.25) is 0 Å². The van der Waals surface area contributed by atoms with Crippen LogP contribution < -0.4 is 4.90 Å². The molecule has 3 nitrogen and oxygen atoms in total. The molecule has 4 heteroatoms. The lowest BCUT2D eigenvalue weighted by Crippen LogP contribution is -2.41. The minimum Gasteiger partial charge on any atom is -0.395 e. The number of aryl methyl sites for hydroxylation is 1. The van der Waals surface area contributed by atoms with E-state index in [4.69, 9.17) is 0 Å². The van der Waals surface area contributed by atoms with Gasteiger partial charge in [-0.25, -0.2) is 0 Å². The van der Waals surface area contributed by atoms with E-state index in [0.717, 1.165) is 24.1 Å². The molecule has 0 spiro atoms. The highest BCUT2D eigenvalue weighted by Crippen LogP contribution is 2.25. The second-order valence-corrected chi connectivity index (χ2v) is 6.57. The summed E-state index contributed by atoms with van der Waals surface area (Å²) >= 11 is 3.55. The van der Waals surface area contributed by atoms with Crippen LogP contribution in [0.5, 0.6) is 0 Å². The first-order valence-electron chi connectivity index (χ1n) is 6.83. The molecule has 1 aliphatic heterocycles. The minimum absolute atomic E-state index is 0.217. The highest BCUT2D eigenvalue weighted by molar-refractivity contribution is 9.10. The van der Waals surface area contributed by atoms with Gasteiger partial charge in [-0.2, -0.15) is 0 Å². The van der Waals surface area contributed by atoms with Gasteiger partial charge in [0, 0.05) is 35.8 Å². The third-order valence-electron chi connectivity index (χ3n) is 3.90. The molecule has 2 unspecified atom stereocenters. The molecule has 0 radical (unpaired) electrons. The molecule has 1 saturated heterocycles. The first kappa shape index (κ1) is 14.8. The van der Waals surface area contributed by atoms with E-state index in [9.17, 15) is 5.11 Å². The largest absolute Gasteiger partial charge is 0.395 e. The summed E-state index contributed by atoms with van der Waals surface area (Å²) < 4.78 is 1.15. The van der Waals surface area contributed by atoms with Crippen LogP contribution in [-0.4, -0.2) is 49.3 Å². The van der Waals surface area contributed by atoms with Crippen molar-refractivity contribution in [1.29, 1.82) is 0 Å². The van der Waals surface area contributed by atoms with E-state index in [1.54, 1.807) is 0 Å². The summed E-state index contributed by atoms with van der Waals surface area (Å²) in [5.74, 6) is 0.602. The van der Waals surface area contributed by atoms with Gasteiger partial charge < -0.3 is 10.0 Å². The van der Waals surface area contributed by atoms with Gasteiger partial charge in [-0.15, -0.1) is 0 Å². The van der Waals surface area contributed by atoms with Crippen molar-refractivity contribution in [2.45, 2.75) is 19.9 Å². The molecule has 0 saturated carbocycles. The van der Waals surface area contributed by atoms with Gasteiger partial charge in [0.05, 0.1) is 6.61 Å². The molecular weight excluding hydrogens is 304 g/mol. The van der Waals surface area contributed by atoms with Crippen molar-refractivity contribution in [3.05, 3.63) is 28.2 Å². The number of aliphatic hydroxyl groups excluding tert-OH is 1. The lowest BCUT2D eigenvalue weighted by molar-refractivity contribution is 0.151. The lowest BCUT2D eigenvalue weighted by Gasteiger charge is -2.29. The van der Waals surface area contributed by atoms with Gasteiger partial charge in [0.1, 0.15) is 0 Å². The number of rotatable bonds is 2. The third-order valence-corrected chi connectivity index (χ3v) is 4.79. The number of likely N-dealkylation sites (N-methyl/N-ethyl adjacent to an activating group) is 1. The predicted octanol–water partition coefficient (Wildman–Crippen LogP) is 2.51. The SMILES string of the molecule is Cc1cc(N2CC(C)CN(C)C(CO)C2)ccc1Br. The highest BCUT2D eigenvalue weighted by atomic mass is 79.9. The van der Waals surface area contributed by atoms with Crippen molar-refractivity contribution in [3.63, 3.8) is 0 Å². The van der Waals surface area contributed by atoms with E-state index in [2.05, 4.69) is 64.8 Å². The molecule has 0 aromatic heterocycles. The van der Waals surface area contributed by atoms with Gasteiger partial charge in [0.25, 0.3) is 0 Å². The van der Waals surface area contributed by atoms with E-state index < -0.39 is 0 Å². The first-order valence-corrected chi connectivity index (χ1v) is 7.62. The Bertz CT molecular complexity index is 438. The quantitative estimate of drug-likeness (QED) is 0.904. The van der Waals surface area contributed by atoms with Crippen molar-refractivity contribution < 1.29 is 5.11 Å². The molecule has 1 N–H and O–H groups in total. The fraction of sp³-hybridized carbons (Fsp3) is 0.600. The fourth-order valence-electron chi connectivity index (χ4n) is 2.78. The Balaban J connectivity index is 2.23. The van der Waals surface area contributed by atoms with Crippen molar-refractivity contribution in [2.24, 2.45) is 5.92 Å². The predicted molar refractivity (Wildman–Crippen MR) is 83.8 cm³/mol. The van der Waals surface area contributed by atoms with Gasteiger partial charge in [-0.1, -0.05) is 22.9 Å². The van der Waals surface area contributed by atoms with Crippen LogP contribution in [0.4, 0.5) is 5.69 Å². The first-order chi connectivity index (χ1) is 9.01. The van der Waals surface area contributed by atoms with Gasteiger partial charge in [-0.05, 0) is 43.7 Å². The number of anilines is 1. The van der Waals surface area contributed by atoms with Gasteiger partial charge >= 0.3 is 0 Å². The molecule has 0 bridgehead atoms. The van der Waals surface area contributed by atoms with Gasteiger partial charge in [0.15, 0.2) is 0 Å². The van der Waals surface area contributed by atoms with Crippen molar-refractivity contribution in [1.82, 2.24) is 4.90 Å². The highest BCUT2D eigenvalue weighted by Gasteiger charge is 2.25. The molecule has 2 rings (SSSR count). The number of nitrogens with zero attached hydrogens (tertiary/aromatic N) is 2. The molecule has 0 aliphatic carbocycles. The zero-order chi connectivity index (χ0) is 14.0. The average Bonchev–Trinajstić information content (AvgIpc) is 2.51. The molecule has 1 aromatic rings. The number of hydrogen-bond acceptors (Lipinski definition) is 3. The summed E-state index contributed by atoms with van der Waals surface area (Å²) in [6.45, 7) is 7.58. The van der Waals surface area contributed by atoms with Crippen molar-refractivity contribution in [2.75, 3.05) is 38.2 Å². The molecule has 1 heterocycles. The minimum atomic E-state index is 0.217. The smallest absolute Gasteiger partial charge is 0.0604 e. The van der Waals surface area contributed by atoms with E-state index in [1.165, 1.54) is 11.3 Å². The summed E-state index contributed by atoms with van der Waals surface area (Å²) in [7, 11) is 2.10. The zero-order valence-corrected chi connectivity index (χ0v) is 13.5. The van der Waals surface area contributed by atoms with E-state index >= 15 is 0 Å².